The Morgan fingerprint density at radius 1 is 1.47 bits per heavy atom. The topological polar surface area (TPSA) is 38.0 Å². The van der Waals surface area contributed by atoms with Crippen LogP contribution in [-0.4, -0.2) is 12.6 Å². The summed E-state index contributed by atoms with van der Waals surface area (Å²) in [4.78, 5) is 1.46. The molecular weight excluding hydrogens is 204 g/mol. The Kier molecular flexibility index (Phi) is 5.91. The fourth-order valence-electron chi connectivity index (χ4n) is 1.68. The van der Waals surface area contributed by atoms with Gasteiger partial charge in [-0.1, -0.05) is 20.3 Å². The molecule has 1 heterocycles. The predicted molar refractivity (Wildman–Crippen MR) is 68.3 cm³/mol. The van der Waals surface area contributed by atoms with E-state index in [1.54, 1.807) is 0 Å². The first-order valence-electron chi connectivity index (χ1n) is 5.79. The Bertz CT molecular complexity index is 270. The smallest absolute Gasteiger partial charge is 0.0303 e. The van der Waals surface area contributed by atoms with Gasteiger partial charge in [-0.15, -0.1) is 11.3 Å². The van der Waals surface area contributed by atoms with Crippen molar-refractivity contribution < 1.29 is 0 Å². The van der Waals surface area contributed by atoms with Crippen LogP contribution in [0.2, 0.25) is 0 Å². The summed E-state index contributed by atoms with van der Waals surface area (Å²) in [6.07, 6.45) is 3.40. The number of rotatable bonds is 7. The van der Waals surface area contributed by atoms with Gasteiger partial charge in [0.1, 0.15) is 0 Å². The normalized spacial score (nSPS) is 13.0. The van der Waals surface area contributed by atoms with E-state index >= 15 is 0 Å². The molecule has 0 amide bonds. The number of hydrogen-bond donors (Lipinski definition) is 2. The first kappa shape index (κ1) is 12.7. The van der Waals surface area contributed by atoms with Crippen LogP contribution in [0, 0.1) is 0 Å². The van der Waals surface area contributed by atoms with Crippen LogP contribution in [0.1, 0.15) is 37.1 Å². The second kappa shape index (κ2) is 6.99. The van der Waals surface area contributed by atoms with Crippen LogP contribution < -0.4 is 11.1 Å². The molecule has 1 aromatic rings. The van der Waals surface area contributed by atoms with Gasteiger partial charge in [-0.25, -0.2) is 0 Å². The first-order valence-corrected chi connectivity index (χ1v) is 6.67. The fourth-order valence-corrected chi connectivity index (χ4v) is 2.63. The fraction of sp³-hybridized carbons (Fsp3) is 0.667. The molecular formula is C12H22N2S. The Labute approximate surface area is 96.9 Å². The molecule has 0 saturated carbocycles. The lowest BCUT2D eigenvalue weighted by atomic mass is 10.2. The van der Waals surface area contributed by atoms with Crippen LogP contribution in [0.15, 0.2) is 11.4 Å². The van der Waals surface area contributed by atoms with Crippen molar-refractivity contribution in [3.8, 4) is 0 Å². The average molecular weight is 226 g/mol. The Hall–Kier alpha value is -0.380. The summed E-state index contributed by atoms with van der Waals surface area (Å²) in [5.41, 5.74) is 7.40. The molecule has 0 aliphatic carbocycles. The van der Waals surface area contributed by atoms with Gasteiger partial charge in [0, 0.05) is 24.0 Å². The largest absolute Gasteiger partial charge is 0.327 e. The van der Waals surface area contributed by atoms with Crippen LogP contribution >= 0.6 is 11.3 Å². The van der Waals surface area contributed by atoms with Crippen molar-refractivity contribution in [1.29, 1.82) is 0 Å². The quantitative estimate of drug-likeness (QED) is 0.750. The summed E-state index contributed by atoms with van der Waals surface area (Å²) < 4.78 is 0. The van der Waals surface area contributed by atoms with Gasteiger partial charge in [-0.2, -0.15) is 0 Å². The summed E-state index contributed by atoms with van der Waals surface area (Å²) in [6, 6.07) is 2.52. The maximum absolute atomic E-state index is 5.94. The molecule has 3 N–H and O–H groups in total. The summed E-state index contributed by atoms with van der Waals surface area (Å²) in [5.74, 6) is 0. The zero-order chi connectivity index (χ0) is 11.1. The van der Waals surface area contributed by atoms with Crippen molar-refractivity contribution in [2.45, 2.75) is 45.7 Å². The molecule has 0 aliphatic heterocycles. The summed E-state index contributed by atoms with van der Waals surface area (Å²) in [7, 11) is 0. The van der Waals surface area contributed by atoms with E-state index in [-0.39, 0.29) is 0 Å². The highest BCUT2D eigenvalue weighted by Gasteiger charge is 2.03. The van der Waals surface area contributed by atoms with Crippen LogP contribution in [-0.2, 0) is 13.0 Å². The third-order valence-corrected chi connectivity index (χ3v) is 3.53. The molecule has 1 rings (SSSR count). The Morgan fingerprint density at radius 2 is 2.27 bits per heavy atom. The van der Waals surface area contributed by atoms with E-state index in [1.807, 2.05) is 11.3 Å². The van der Waals surface area contributed by atoms with Crippen molar-refractivity contribution >= 4 is 11.3 Å². The van der Waals surface area contributed by atoms with Gasteiger partial charge in [0.25, 0.3) is 0 Å². The molecule has 3 heteroatoms. The summed E-state index contributed by atoms with van der Waals surface area (Å²) in [6.45, 7) is 6.27. The molecule has 0 aromatic carbocycles. The second-order valence-corrected chi connectivity index (χ2v) is 4.90. The van der Waals surface area contributed by atoms with Gasteiger partial charge >= 0.3 is 0 Å². The number of nitrogens with one attached hydrogen (secondary N) is 1. The molecule has 1 aromatic heterocycles. The SMILES string of the molecule is CCCC(N)CNCc1sccc1CC. The van der Waals surface area contributed by atoms with Gasteiger partial charge < -0.3 is 11.1 Å². The van der Waals surface area contributed by atoms with E-state index in [0.29, 0.717) is 6.04 Å². The van der Waals surface area contributed by atoms with Crippen molar-refractivity contribution in [1.82, 2.24) is 5.32 Å². The van der Waals surface area contributed by atoms with Gasteiger partial charge in [0.05, 0.1) is 0 Å². The number of aryl methyl sites for hydroxylation is 1. The molecule has 0 fully saturated rings. The molecule has 86 valence electrons. The average Bonchev–Trinajstić information content (AvgIpc) is 2.66. The predicted octanol–water partition coefficient (Wildman–Crippen LogP) is 2.53. The van der Waals surface area contributed by atoms with E-state index in [2.05, 4.69) is 30.6 Å². The van der Waals surface area contributed by atoms with Gasteiger partial charge in [-0.3, -0.25) is 0 Å². The van der Waals surface area contributed by atoms with Crippen molar-refractivity contribution in [2.75, 3.05) is 6.54 Å². The third kappa shape index (κ3) is 4.33. The highest BCUT2D eigenvalue weighted by molar-refractivity contribution is 7.10. The maximum Gasteiger partial charge on any atom is 0.0303 e. The number of hydrogen-bond acceptors (Lipinski definition) is 3. The molecule has 1 atom stereocenters. The van der Waals surface area contributed by atoms with E-state index in [1.165, 1.54) is 16.9 Å². The van der Waals surface area contributed by atoms with Crippen molar-refractivity contribution in [3.63, 3.8) is 0 Å². The van der Waals surface area contributed by atoms with Crippen molar-refractivity contribution in [2.24, 2.45) is 5.73 Å². The Balaban J connectivity index is 2.25. The first-order chi connectivity index (χ1) is 7.27. The van der Waals surface area contributed by atoms with E-state index in [4.69, 9.17) is 5.73 Å². The van der Waals surface area contributed by atoms with Crippen LogP contribution in [0.3, 0.4) is 0 Å². The van der Waals surface area contributed by atoms with Crippen molar-refractivity contribution in [3.05, 3.63) is 21.9 Å². The minimum atomic E-state index is 0.306. The van der Waals surface area contributed by atoms with Gasteiger partial charge in [0.15, 0.2) is 0 Å². The molecule has 0 radical (unpaired) electrons. The zero-order valence-electron chi connectivity index (χ0n) is 9.75. The zero-order valence-corrected chi connectivity index (χ0v) is 10.6. The number of nitrogens with two attached hydrogens (primary N) is 1. The molecule has 1 unspecified atom stereocenters. The highest BCUT2D eigenvalue weighted by atomic mass is 32.1. The molecule has 0 bridgehead atoms. The Morgan fingerprint density at radius 3 is 2.93 bits per heavy atom. The summed E-state index contributed by atoms with van der Waals surface area (Å²) >= 11 is 1.84. The lowest BCUT2D eigenvalue weighted by Crippen LogP contribution is -2.33. The lowest BCUT2D eigenvalue weighted by molar-refractivity contribution is 0.540. The molecule has 15 heavy (non-hydrogen) atoms. The second-order valence-electron chi connectivity index (χ2n) is 3.90. The van der Waals surface area contributed by atoms with Gasteiger partial charge in [-0.05, 0) is 29.9 Å². The highest BCUT2D eigenvalue weighted by Crippen LogP contribution is 2.16. The summed E-state index contributed by atoms with van der Waals surface area (Å²) in [5, 5.41) is 5.60. The van der Waals surface area contributed by atoms with Crippen LogP contribution in [0.25, 0.3) is 0 Å². The number of thiophene rings is 1. The molecule has 2 nitrogen and oxygen atoms in total. The molecule has 0 aliphatic rings. The van der Waals surface area contributed by atoms with Gasteiger partial charge in [0.2, 0.25) is 0 Å². The van der Waals surface area contributed by atoms with Crippen LogP contribution in [0.4, 0.5) is 0 Å². The maximum atomic E-state index is 5.94. The molecule has 0 spiro atoms. The third-order valence-electron chi connectivity index (χ3n) is 2.57. The minimum Gasteiger partial charge on any atom is -0.327 e. The van der Waals surface area contributed by atoms with E-state index in [0.717, 1.165) is 25.9 Å². The van der Waals surface area contributed by atoms with Crippen LogP contribution in [0.5, 0.6) is 0 Å². The standard InChI is InChI=1S/C12H22N2S/c1-3-5-11(13)8-14-9-12-10(4-2)6-7-15-12/h6-7,11,14H,3-5,8-9,13H2,1-2H3. The minimum absolute atomic E-state index is 0.306. The lowest BCUT2D eigenvalue weighted by Gasteiger charge is -2.11. The molecule has 0 saturated heterocycles. The monoisotopic (exact) mass is 226 g/mol. The van der Waals surface area contributed by atoms with E-state index in [9.17, 15) is 0 Å². The van der Waals surface area contributed by atoms with E-state index < -0.39 is 0 Å².